The number of aliphatic hydroxyl groups excluding tert-OH is 1. The van der Waals surface area contributed by atoms with E-state index in [4.69, 9.17) is 9.47 Å². The molecule has 1 saturated heterocycles. The van der Waals surface area contributed by atoms with Gasteiger partial charge in [0.25, 0.3) is 0 Å². The number of nitrogens with zero attached hydrogens (tertiary/aromatic N) is 1. The number of methoxy groups -OCH3 is 1. The third-order valence-electron chi connectivity index (χ3n) is 2.97. The second-order valence-electron chi connectivity index (χ2n) is 4.20. The minimum atomic E-state index is -0.176. The van der Waals surface area contributed by atoms with Gasteiger partial charge in [0.1, 0.15) is 0 Å². The fourth-order valence-electron chi connectivity index (χ4n) is 1.90. The van der Waals surface area contributed by atoms with Crippen molar-refractivity contribution in [3.8, 4) is 0 Å². The highest BCUT2D eigenvalue weighted by atomic mass is 16.5. The van der Waals surface area contributed by atoms with Crippen LogP contribution < -0.4 is 0 Å². The molecule has 1 fully saturated rings. The zero-order valence-corrected chi connectivity index (χ0v) is 9.82. The van der Waals surface area contributed by atoms with E-state index in [1.807, 2.05) is 6.92 Å². The third-order valence-corrected chi connectivity index (χ3v) is 2.97. The van der Waals surface area contributed by atoms with Gasteiger partial charge in [-0.1, -0.05) is 0 Å². The van der Waals surface area contributed by atoms with Crippen molar-refractivity contribution >= 4 is 0 Å². The number of aliphatic hydroxyl groups is 1. The lowest BCUT2D eigenvalue weighted by Crippen LogP contribution is -2.27. The zero-order chi connectivity index (χ0) is 11.1. The summed E-state index contributed by atoms with van der Waals surface area (Å²) in [5, 5.41) is 9.44. The SMILES string of the molecule is COCCOCCN1CCC(C(C)O)C1. The standard InChI is InChI=1S/C11H23NO3/c1-10(13)11-3-4-12(9-11)5-6-15-8-7-14-2/h10-11,13H,3-9H2,1-2H3. The molecule has 1 aliphatic rings. The van der Waals surface area contributed by atoms with Gasteiger partial charge in [0.05, 0.1) is 25.9 Å². The summed E-state index contributed by atoms with van der Waals surface area (Å²) >= 11 is 0. The van der Waals surface area contributed by atoms with Crippen LogP contribution in [0.2, 0.25) is 0 Å². The van der Waals surface area contributed by atoms with Crippen molar-refractivity contribution in [2.75, 3.05) is 46.6 Å². The molecule has 1 aliphatic heterocycles. The fourth-order valence-corrected chi connectivity index (χ4v) is 1.90. The van der Waals surface area contributed by atoms with Crippen LogP contribution in [0.4, 0.5) is 0 Å². The first-order valence-corrected chi connectivity index (χ1v) is 5.71. The van der Waals surface area contributed by atoms with Gasteiger partial charge in [-0.25, -0.2) is 0 Å². The first kappa shape index (κ1) is 12.9. The van der Waals surface area contributed by atoms with E-state index in [1.165, 1.54) is 0 Å². The first-order valence-electron chi connectivity index (χ1n) is 5.71. The van der Waals surface area contributed by atoms with Crippen molar-refractivity contribution in [3.05, 3.63) is 0 Å². The number of hydrogen-bond acceptors (Lipinski definition) is 4. The Hall–Kier alpha value is -0.160. The minimum Gasteiger partial charge on any atom is -0.393 e. The maximum Gasteiger partial charge on any atom is 0.0700 e. The number of hydrogen-bond donors (Lipinski definition) is 1. The number of ether oxygens (including phenoxy) is 2. The highest BCUT2D eigenvalue weighted by molar-refractivity contribution is 4.78. The Morgan fingerprint density at radius 3 is 2.80 bits per heavy atom. The topological polar surface area (TPSA) is 41.9 Å². The zero-order valence-electron chi connectivity index (χ0n) is 9.82. The molecular formula is C11H23NO3. The van der Waals surface area contributed by atoms with E-state index in [9.17, 15) is 5.11 Å². The monoisotopic (exact) mass is 217 g/mol. The van der Waals surface area contributed by atoms with E-state index < -0.39 is 0 Å². The Balaban J connectivity index is 1.99. The van der Waals surface area contributed by atoms with E-state index in [0.29, 0.717) is 19.1 Å². The smallest absolute Gasteiger partial charge is 0.0700 e. The van der Waals surface area contributed by atoms with E-state index in [2.05, 4.69) is 4.90 Å². The summed E-state index contributed by atoms with van der Waals surface area (Å²) in [5.74, 6) is 0.448. The van der Waals surface area contributed by atoms with Gasteiger partial charge in [-0.2, -0.15) is 0 Å². The maximum atomic E-state index is 9.44. The average molecular weight is 217 g/mol. The normalized spacial score (nSPS) is 24.6. The van der Waals surface area contributed by atoms with Crippen molar-refractivity contribution in [2.24, 2.45) is 5.92 Å². The minimum absolute atomic E-state index is 0.176. The van der Waals surface area contributed by atoms with Crippen molar-refractivity contribution in [2.45, 2.75) is 19.4 Å². The summed E-state index contributed by atoms with van der Waals surface area (Å²) in [6.07, 6.45) is 0.930. The first-order chi connectivity index (χ1) is 7.24. The largest absolute Gasteiger partial charge is 0.393 e. The molecule has 4 nitrogen and oxygen atoms in total. The van der Waals surface area contributed by atoms with Gasteiger partial charge < -0.3 is 19.5 Å². The summed E-state index contributed by atoms with van der Waals surface area (Å²) in [6, 6.07) is 0. The molecule has 0 radical (unpaired) electrons. The molecule has 2 atom stereocenters. The van der Waals surface area contributed by atoms with Crippen molar-refractivity contribution in [3.63, 3.8) is 0 Å². The molecule has 0 aromatic carbocycles. The van der Waals surface area contributed by atoms with Crippen molar-refractivity contribution < 1.29 is 14.6 Å². The number of rotatable bonds is 7. The molecule has 1 rings (SSSR count). The molecular weight excluding hydrogens is 194 g/mol. The second-order valence-corrected chi connectivity index (χ2v) is 4.20. The van der Waals surface area contributed by atoms with Crippen LogP contribution in [-0.4, -0.2) is 62.7 Å². The molecule has 0 amide bonds. The van der Waals surface area contributed by atoms with Crippen LogP contribution in [-0.2, 0) is 9.47 Å². The maximum absolute atomic E-state index is 9.44. The van der Waals surface area contributed by atoms with Gasteiger partial charge in [0.15, 0.2) is 0 Å². The lowest BCUT2D eigenvalue weighted by atomic mass is 10.0. The van der Waals surface area contributed by atoms with Crippen LogP contribution >= 0.6 is 0 Å². The van der Waals surface area contributed by atoms with Gasteiger partial charge in [-0.3, -0.25) is 0 Å². The molecule has 4 heteroatoms. The summed E-state index contributed by atoms with van der Waals surface area (Å²) < 4.78 is 10.3. The summed E-state index contributed by atoms with van der Waals surface area (Å²) in [6.45, 7) is 7.03. The molecule has 15 heavy (non-hydrogen) atoms. The molecule has 0 spiro atoms. The van der Waals surface area contributed by atoms with Crippen LogP contribution in [0.5, 0.6) is 0 Å². The van der Waals surface area contributed by atoms with Crippen LogP contribution in [0.3, 0.4) is 0 Å². The van der Waals surface area contributed by atoms with Gasteiger partial charge in [-0.15, -0.1) is 0 Å². The van der Waals surface area contributed by atoms with Crippen LogP contribution in [0.15, 0.2) is 0 Å². The van der Waals surface area contributed by atoms with Crippen LogP contribution in [0.1, 0.15) is 13.3 Å². The van der Waals surface area contributed by atoms with Crippen LogP contribution in [0, 0.1) is 5.92 Å². The average Bonchev–Trinajstić information content (AvgIpc) is 2.66. The number of likely N-dealkylation sites (tertiary alicyclic amines) is 1. The highest BCUT2D eigenvalue weighted by Gasteiger charge is 2.25. The highest BCUT2D eigenvalue weighted by Crippen LogP contribution is 2.18. The predicted octanol–water partition coefficient (Wildman–Crippen LogP) is 0.352. The lowest BCUT2D eigenvalue weighted by molar-refractivity contribution is 0.0581. The van der Waals surface area contributed by atoms with Crippen LogP contribution in [0.25, 0.3) is 0 Å². The van der Waals surface area contributed by atoms with Gasteiger partial charge in [0.2, 0.25) is 0 Å². The lowest BCUT2D eigenvalue weighted by Gasteiger charge is -2.17. The Bertz CT molecular complexity index is 164. The van der Waals surface area contributed by atoms with Crippen molar-refractivity contribution in [1.82, 2.24) is 4.90 Å². The molecule has 90 valence electrons. The summed E-state index contributed by atoms with van der Waals surface area (Å²) in [7, 11) is 1.68. The van der Waals surface area contributed by atoms with Gasteiger partial charge in [-0.05, 0) is 25.8 Å². The molecule has 0 aliphatic carbocycles. The Labute approximate surface area is 92.2 Å². The molecule has 0 aromatic rings. The summed E-state index contributed by atoms with van der Waals surface area (Å²) in [5.41, 5.74) is 0. The third kappa shape index (κ3) is 4.93. The molecule has 2 unspecified atom stereocenters. The fraction of sp³-hybridized carbons (Fsp3) is 1.00. The van der Waals surface area contributed by atoms with Gasteiger partial charge in [0, 0.05) is 20.2 Å². The Morgan fingerprint density at radius 2 is 2.20 bits per heavy atom. The van der Waals surface area contributed by atoms with E-state index >= 15 is 0 Å². The Morgan fingerprint density at radius 1 is 1.40 bits per heavy atom. The van der Waals surface area contributed by atoms with Crippen molar-refractivity contribution in [1.29, 1.82) is 0 Å². The van der Waals surface area contributed by atoms with E-state index in [1.54, 1.807) is 7.11 Å². The predicted molar refractivity (Wildman–Crippen MR) is 58.9 cm³/mol. The van der Waals surface area contributed by atoms with Gasteiger partial charge >= 0.3 is 0 Å². The molecule has 0 saturated carbocycles. The Kier molecular flexibility index (Phi) is 6.17. The summed E-state index contributed by atoms with van der Waals surface area (Å²) in [4.78, 5) is 2.35. The second kappa shape index (κ2) is 7.17. The molecule has 0 bridgehead atoms. The molecule has 0 aromatic heterocycles. The van der Waals surface area contributed by atoms with E-state index in [0.717, 1.165) is 32.7 Å². The van der Waals surface area contributed by atoms with E-state index in [-0.39, 0.29) is 6.10 Å². The quantitative estimate of drug-likeness (QED) is 0.625. The molecule has 1 N–H and O–H groups in total. The molecule has 1 heterocycles.